The molecule has 0 saturated heterocycles. The zero-order chi connectivity index (χ0) is 31.2. The Balaban J connectivity index is 1.67. The molecule has 1 aliphatic carbocycles. The zero-order valence-corrected chi connectivity index (χ0v) is 27.6. The number of thiophene rings is 1. The SMILES string of the molecule is CCCC/[N+](CCCS(=O)(=O)O)=C1\C=CC(C2C(=O)C(c3ccc(N(CCCSOOO)CCCSOOO)s3)=C2O)S1. The number of carbonyl (C=O) groups is 1. The second-order valence-electron chi connectivity index (χ2n) is 9.62. The summed E-state index contributed by atoms with van der Waals surface area (Å²) >= 11 is 4.85. The van der Waals surface area contributed by atoms with E-state index in [0.29, 0.717) is 41.6 Å². The number of nitrogens with zero attached hydrogens (tertiary/aromatic N) is 2. The van der Waals surface area contributed by atoms with Crippen LogP contribution in [0.15, 0.2) is 30.0 Å². The fourth-order valence-electron chi connectivity index (χ4n) is 4.61. The Morgan fingerprint density at radius 2 is 1.67 bits per heavy atom. The van der Waals surface area contributed by atoms with Gasteiger partial charge in [0.25, 0.3) is 10.1 Å². The lowest BCUT2D eigenvalue weighted by Gasteiger charge is -2.30. The summed E-state index contributed by atoms with van der Waals surface area (Å²) in [5.74, 6) is 0.113. The average molecular weight is 702 g/mol. The second-order valence-corrected chi connectivity index (χ2v) is 15.0. The molecule has 43 heavy (non-hydrogen) atoms. The number of aliphatic hydroxyl groups excluding tert-OH is 1. The zero-order valence-electron chi connectivity index (χ0n) is 23.5. The van der Waals surface area contributed by atoms with Gasteiger partial charge in [0.05, 0.1) is 27.5 Å². The van der Waals surface area contributed by atoms with Crippen molar-refractivity contribution in [2.75, 3.05) is 48.3 Å². The molecule has 0 radical (unpaired) electrons. The third kappa shape index (κ3) is 11.3. The van der Waals surface area contributed by atoms with Crippen molar-refractivity contribution in [3.8, 4) is 0 Å². The van der Waals surface area contributed by atoms with E-state index in [2.05, 4.69) is 35.1 Å². The minimum Gasteiger partial charge on any atom is -0.511 e. The number of ketones is 1. The smallest absolute Gasteiger partial charge is 0.265 e. The number of thioether (sulfide) groups is 1. The van der Waals surface area contributed by atoms with Crippen molar-refractivity contribution in [2.24, 2.45) is 5.92 Å². The summed E-state index contributed by atoms with van der Waals surface area (Å²) in [5, 5.41) is 36.4. The maximum absolute atomic E-state index is 13.3. The van der Waals surface area contributed by atoms with Crippen LogP contribution in [0, 0.1) is 5.92 Å². The maximum Gasteiger partial charge on any atom is 0.265 e. The monoisotopic (exact) mass is 701 g/mol. The van der Waals surface area contributed by atoms with E-state index in [-0.39, 0.29) is 29.0 Å². The second kappa shape index (κ2) is 18.7. The van der Waals surface area contributed by atoms with E-state index in [0.717, 1.165) is 66.4 Å². The Kier molecular flexibility index (Phi) is 15.8. The van der Waals surface area contributed by atoms with Gasteiger partial charge < -0.3 is 10.0 Å². The minimum absolute atomic E-state index is 0.0648. The van der Waals surface area contributed by atoms with Crippen molar-refractivity contribution in [3.05, 3.63) is 34.9 Å². The Bertz CT molecular complexity index is 1240. The lowest BCUT2D eigenvalue weighted by molar-refractivity contribution is -0.525. The summed E-state index contributed by atoms with van der Waals surface area (Å²) in [6.45, 7) is 4.57. The van der Waals surface area contributed by atoms with E-state index in [1.165, 1.54) is 23.1 Å². The quantitative estimate of drug-likeness (QED) is 0.0313. The number of aliphatic hydroxyl groups is 1. The molecule has 0 fully saturated rings. The van der Waals surface area contributed by atoms with Gasteiger partial charge in [-0.15, -0.1) is 20.0 Å². The van der Waals surface area contributed by atoms with E-state index < -0.39 is 16.0 Å². The molecule has 4 N–H and O–H groups in total. The molecule has 2 heterocycles. The third-order valence-corrected chi connectivity index (χ3v) is 11.2. The molecule has 13 nitrogen and oxygen atoms in total. The fraction of sp³-hybridized carbons (Fsp3) is 0.600. The van der Waals surface area contributed by atoms with Crippen LogP contribution in [0.3, 0.4) is 0 Å². The van der Waals surface area contributed by atoms with Crippen LogP contribution in [0.25, 0.3) is 5.57 Å². The maximum atomic E-state index is 13.3. The lowest BCUT2D eigenvalue weighted by atomic mass is 9.79. The van der Waals surface area contributed by atoms with Crippen molar-refractivity contribution in [1.82, 2.24) is 0 Å². The van der Waals surface area contributed by atoms with Crippen LogP contribution in [0.2, 0.25) is 0 Å². The number of allylic oxidation sites excluding steroid dienone is 2. The molecule has 2 unspecified atom stereocenters. The van der Waals surface area contributed by atoms with E-state index in [9.17, 15) is 18.3 Å². The summed E-state index contributed by atoms with van der Waals surface area (Å²) in [4.78, 5) is 16.1. The van der Waals surface area contributed by atoms with Gasteiger partial charge in [-0.2, -0.15) is 8.42 Å². The number of Topliss-reactive ketones (excluding diaryl/α,β-unsaturated/α-hetero) is 1. The van der Waals surface area contributed by atoms with Crippen molar-refractivity contribution in [1.29, 1.82) is 0 Å². The molecule has 0 spiro atoms. The Labute approximate surface area is 267 Å². The Hall–Kier alpha value is -1.16. The summed E-state index contributed by atoms with van der Waals surface area (Å²) in [5.41, 5.74) is 0.327. The molecular formula is C25H37N2O11S5+. The normalized spacial score (nSPS) is 19.8. The van der Waals surface area contributed by atoms with Crippen molar-refractivity contribution in [3.63, 3.8) is 0 Å². The van der Waals surface area contributed by atoms with Crippen LogP contribution >= 0.6 is 47.2 Å². The van der Waals surface area contributed by atoms with Crippen LogP contribution < -0.4 is 4.90 Å². The molecule has 0 amide bonds. The first kappa shape index (κ1) is 36.3. The Morgan fingerprint density at radius 1 is 1.02 bits per heavy atom. The van der Waals surface area contributed by atoms with Gasteiger partial charge in [-0.1, -0.05) is 29.5 Å². The first-order valence-electron chi connectivity index (χ1n) is 13.6. The van der Waals surface area contributed by atoms with Gasteiger partial charge in [0, 0.05) is 72.5 Å². The standard InChI is InChI=1S/C25H36N2O11S5/c1-2-3-11-26(14-6-17-43(32,33)34)20-9-7-18(41-20)22-24(28)23(25(22)29)19-8-10-21(42-19)27(12-4-15-39-37-35-30)13-5-16-40-38-36-31/h7-10,18,22H,2-6,11-17H2,1H3,(H3-,28,29,30,31,32,33,34)/p+1/b26-20-. The number of carbonyl (C=O) groups excluding carboxylic acids is 1. The molecule has 2 atom stereocenters. The van der Waals surface area contributed by atoms with Gasteiger partial charge in [0.15, 0.2) is 5.78 Å². The molecule has 3 rings (SSSR count). The minimum atomic E-state index is -4.03. The first-order chi connectivity index (χ1) is 20.7. The highest BCUT2D eigenvalue weighted by atomic mass is 32.2. The van der Waals surface area contributed by atoms with Crippen molar-refractivity contribution < 1.29 is 56.7 Å². The molecule has 1 aliphatic heterocycles. The van der Waals surface area contributed by atoms with Gasteiger partial charge >= 0.3 is 0 Å². The van der Waals surface area contributed by atoms with Gasteiger partial charge in [-0.25, -0.2) is 15.1 Å². The average Bonchev–Trinajstić information content (AvgIpc) is 3.63. The number of hydrogen-bond donors (Lipinski definition) is 4. The molecule has 0 aromatic carbocycles. The van der Waals surface area contributed by atoms with E-state index >= 15 is 0 Å². The third-order valence-electron chi connectivity index (χ3n) is 6.64. The van der Waals surface area contributed by atoms with Gasteiger partial charge in [-0.05, 0) is 36.7 Å². The van der Waals surface area contributed by atoms with Gasteiger partial charge in [0.1, 0.15) is 18.8 Å². The van der Waals surface area contributed by atoms with Gasteiger partial charge in [0.2, 0.25) is 5.04 Å². The molecule has 1 aromatic rings. The first-order valence-corrected chi connectivity index (χ1v) is 18.8. The van der Waals surface area contributed by atoms with Crippen molar-refractivity contribution in [2.45, 2.75) is 44.3 Å². The van der Waals surface area contributed by atoms with Crippen LogP contribution in [0.4, 0.5) is 5.00 Å². The molecule has 242 valence electrons. The highest BCUT2D eigenvalue weighted by Crippen LogP contribution is 2.46. The highest BCUT2D eigenvalue weighted by Gasteiger charge is 2.47. The molecule has 0 bridgehead atoms. The molecule has 1 aromatic heterocycles. The van der Waals surface area contributed by atoms with Crippen LogP contribution in [-0.4, -0.2) is 92.7 Å². The predicted molar refractivity (Wildman–Crippen MR) is 170 cm³/mol. The Morgan fingerprint density at radius 3 is 2.26 bits per heavy atom. The summed E-state index contributed by atoms with van der Waals surface area (Å²) in [7, 11) is -4.03. The topological polar surface area (TPSA) is 175 Å². The number of unbranched alkanes of at least 4 members (excludes halogenated alkanes) is 1. The molecule has 18 heteroatoms. The summed E-state index contributed by atoms with van der Waals surface area (Å²) in [6, 6.07) is 3.74. The molecule has 0 saturated carbocycles. The van der Waals surface area contributed by atoms with Gasteiger partial charge in [-0.3, -0.25) is 9.35 Å². The van der Waals surface area contributed by atoms with E-state index in [1.807, 2.05) is 24.3 Å². The van der Waals surface area contributed by atoms with E-state index in [1.54, 1.807) is 0 Å². The van der Waals surface area contributed by atoms with Crippen LogP contribution in [0.1, 0.15) is 43.9 Å². The predicted octanol–water partition coefficient (Wildman–Crippen LogP) is 5.10. The largest absolute Gasteiger partial charge is 0.511 e. The highest BCUT2D eigenvalue weighted by molar-refractivity contribution is 8.15. The van der Waals surface area contributed by atoms with E-state index in [4.69, 9.17) is 15.1 Å². The number of rotatable bonds is 22. The van der Waals surface area contributed by atoms with Crippen molar-refractivity contribution >= 4 is 78.7 Å². The summed E-state index contributed by atoms with van der Waals surface area (Å²) < 4.78 is 42.3. The number of hydrogen-bond acceptors (Lipinski definition) is 15. The van der Waals surface area contributed by atoms with Crippen LogP contribution in [0.5, 0.6) is 0 Å². The number of anilines is 1. The molecular weight excluding hydrogens is 665 g/mol. The lowest BCUT2D eigenvalue weighted by Crippen LogP contribution is -2.36. The van der Waals surface area contributed by atoms with Crippen LogP contribution in [-0.2, 0) is 33.7 Å². The fourth-order valence-corrected chi connectivity index (χ4v) is 8.25. The molecule has 2 aliphatic rings. The summed E-state index contributed by atoms with van der Waals surface area (Å²) in [6.07, 6.45) is 7.43.